The maximum Gasteiger partial charge on any atom is 0.0540 e. The average Bonchev–Trinajstić information content (AvgIpc) is 3.26. The third-order valence-corrected chi connectivity index (χ3v) is 11.5. The summed E-state index contributed by atoms with van der Waals surface area (Å²) < 4.78 is 0. The lowest BCUT2D eigenvalue weighted by atomic mass is 9.83. The molecule has 56 heavy (non-hydrogen) atoms. The Hall–Kier alpha value is -6.96. The molecule has 1 atom stereocenters. The molecule has 0 aromatic heterocycles. The molecule has 1 heteroatoms. The summed E-state index contributed by atoms with van der Waals surface area (Å²) in [5.41, 5.74) is 10.0. The van der Waals surface area contributed by atoms with E-state index in [0.717, 1.165) is 24.2 Å². The summed E-state index contributed by atoms with van der Waals surface area (Å²) >= 11 is 0. The van der Waals surface area contributed by atoms with Crippen molar-refractivity contribution in [2.75, 3.05) is 4.90 Å². The summed E-state index contributed by atoms with van der Waals surface area (Å²) in [5, 5.41) is 10.2. The van der Waals surface area contributed by atoms with Gasteiger partial charge in [-0.3, -0.25) is 0 Å². The van der Waals surface area contributed by atoms with Crippen LogP contribution in [0.25, 0.3) is 54.2 Å². The van der Waals surface area contributed by atoms with E-state index in [4.69, 9.17) is 0 Å². The molecule has 10 aromatic rings. The van der Waals surface area contributed by atoms with E-state index in [2.05, 4.69) is 223 Å². The molecule has 0 saturated carbocycles. The van der Waals surface area contributed by atoms with Crippen LogP contribution >= 0.6 is 0 Å². The summed E-state index contributed by atoms with van der Waals surface area (Å²) in [6, 6.07) is 80.2. The van der Waals surface area contributed by atoms with Crippen molar-refractivity contribution >= 4 is 60.2 Å². The molecular weight excluding hydrogens is 675 g/mol. The Morgan fingerprint density at radius 3 is 1.52 bits per heavy atom. The van der Waals surface area contributed by atoms with E-state index in [-0.39, 0.29) is 0 Å². The van der Waals surface area contributed by atoms with E-state index in [1.807, 2.05) is 0 Å². The number of anilines is 3. The predicted molar refractivity (Wildman–Crippen MR) is 240 cm³/mol. The Morgan fingerprint density at radius 1 is 0.321 bits per heavy atom. The highest BCUT2D eigenvalue weighted by atomic mass is 15.1. The highest BCUT2D eigenvalue weighted by molar-refractivity contribution is 6.00. The molecule has 0 aliphatic rings. The predicted octanol–water partition coefficient (Wildman–Crippen LogP) is 15.0. The summed E-state index contributed by atoms with van der Waals surface area (Å²) in [5.74, 6) is 0.336. The van der Waals surface area contributed by atoms with Gasteiger partial charge < -0.3 is 4.90 Å². The molecule has 0 N–H and O–H groups in total. The molecule has 1 unspecified atom stereocenters. The lowest BCUT2D eigenvalue weighted by Gasteiger charge is -2.27. The van der Waals surface area contributed by atoms with Gasteiger partial charge in [0, 0.05) is 16.8 Å². The van der Waals surface area contributed by atoms with Crippen LogP contribution in [0.1, 0.15) is 22.6 Å². The molecule has 0 aliphatic heterocycles. The van der Waals surface area contributed by atoms with Crippen molar-refractivity contribution in [3.8, 4) is 11.1 Å². The highest BCUT2D eigenvalue weighted by Crippen LogP contribution is 2.41. The van der Waals surface area contributed by atoms with Gasteiger partial charge in [-0.2, -0.15) is 0 Å². The maximum absolute atomic E-state index is 2.39. The normalized spacial score (nSPS) is 12.0. The number of hydrogen-bond acceptors (Lipinski definition) is 1. The van der Waals surface area contributed by atoms with Crippen molar-refractivity contribution in [1.82, 2.24) is 0 Å². The number of benzene rings is 10. The minimum atomic E-state index is 0.336. The van der Waals surface area contributed by atoms with Crippen LogP contribution in [-0.2, 0) is 12.8 Å². The first-order valence-electron chi connectivity index (χ1n) is 19.6. The monoisotopic (exact) mass is 715 g/mol. The quantitative estimate of drug-likeness (QED) is 0.144. The Bertz CT molecular complexity index is 2970. The van der Waals surface area contributed by atoms with Crippen LogP contribution in [0.5, 0.6) is 0 Å². The molecule has 0 aliphatic carbocycles. The smallest absolute Gasteiger partial charge is 0.0540 e. The highest BCUT2D eigenvalue weighted by Gasteiger charge is 2.18. The van der Waals surface area contributed by atoms with Gasteiger partial charge in [0.15, 0.2) is 0 Å². The van der Waals surface area contributed by atoms with Gasteiger partial charge in [0.2, 0.25) is 0 Å². The minimum Gasteiger partial charge on any atom is -0.310 e. The Labute approximate surface area is 328 Å². The zero-order chi connectivity index (χ0) is 37.3. The molecule has 0 fully saturated rings. The topological polar surface area (TPSA) is 3.24 Å². The molecule has 0 saturated heterocycles. The lowest BCUT2D eigenvalue weighted by molar-refractivity contribution is 0.686. The zero-order valence-corrected chi connectivity index (χ0v) is 31.2. The first-order chi connectivity index (χ1) is 27.7. The second-order valence-electron chi connectivity index (χ2n) is 15.0. The van der Waals surface area contributed by atoms with E-state index in [9.17, 15) is 0 Å². The first-order valence-corrected chi connectivity index (χ1v) is 19.6. The number of fused-ring (bicyclic) bond motifs is 4. The molecule has 0 spiro atoms. The van der Waals surface area contributed by atoms with Crippen LogP contribution in [0.4, 0.5) is 17.1 Å². The van der Waals surface area contributed by atoms with Crippen LogP contribution in [-0.4, -0.2) is 0 Å². The third-order valence-electron chi connectivity index (χ3n) is 11.5. The van der Waals surface area contributed by atoms with Crippen LogP contribution in [0.15, 0.2) is 218 Å². The maximum atomic E-state index is 2.39. The summed E-state index contributed by atoms with van der Waals surface area (Å²) in [7, 11) is 0. The van der Waals surface area contributed by atoms with Crippen LogP contribution in [0.3, 0.4) is 0 Å². The molecule has 10 aromatic carbocycles. The number of hydrogen-bond donors (Lipinski definition) is 0. The first kappa shape index (κ1) is 33.6. The molecule has 0 heterocycles. The molecule has 0 amide bonds. The van der Waals surface area contributed by atoms with Gasteiger partial charge in [-0.05, 0) is 115 Å². The Morgan fingerprint density at radius 2 is 0.804 bits per heavy atom. The van der Waals surface area contributed by atoms with Gasteiger partial charge in [-0.1, -0.05) is 188 Å². The Balaban J connectivity index is 0.966. The van der Waals surface area contributed by atoms with Crippen LogP contribution in [0.2, 0.25) is 0 Å². The van der Waals surface area contributed by atoms with Gasteiger partial charge >= 0.3 is 0 Å². The minimum absolute atomic E-state index is 0.336. The number of rotatable bonds is 9. The van der Waals surface area contributed by atoms with Crippen LogP contribution < -0.4 is 4.90 Å². The second-order valence-corrected chi connectivity index (χ2v) is 15.0. The van der Waals surface area contributed by atoms with Crippen molar-refractivity contribution in [2.45, 2.75) is 18.8 Å². The molecule has 0 bridgehead atoms. The summed E-state index contributed by atoms with van der Waals surface area (Å²) in [6.45, 7) is 0. The number of nitrogens with zero attached hydrogens (tertiary/aromatic N) is 1. The molecule has 10 rings (SSSR count). The fraction of sp³-hybridized carbons (Fsp3) is 0.0545. The third kappa shape index (κ3) is 6.59. The van der Waals surface area contributed by atoms with E-state index in [1.54, 1.807) is 0 Å². The second kappa shape index (κ2) is 14.7. The van der Waals surface area contributed by atoms with Gasteiger partial charge in [-0.15, -0.1) is 0 Å². The van der Waals surface area contributed by atoms with Crippen molar-refractivity contribution in [3.05, 3.63) is 235 Å². The van der Waals surface area contributed by atoms with Crippen molar-refractivity contribution in [3.63, 3.8) is 0 Å². The van der Waals surface area contributed by atoms with Crippen LogP contribution in [0, 0.1) is 0 Å². The van der Waals surface area contributed by atoms with Gasteiger partial charge in [-0.25, -0.2) is 0 Å². The van der Waals surface area contributed by atoms with Gasteiger partial charge in [0.1, 0.15) is 0 Å². The molecular formula is C55H41N. The van der Waals surface area contributed by atoms with Crippen molar-refractivity contribution in [2.24, 2.45) is 0 Å². The molecule has 1 nitrogen and oxygen atoms in total. The zero-order valence-electron chi connectivity index (χ0n) is 31.2. The SMILES string of the molecule is c1ccc2cc(CC(Cc3ccc(-c4ccc(N(c5ccc6ccccc6c5)c5cccc6ccccc56)cc4)cc3)c3cccc4ccccc34)ccc2c1. The van der Waals surface area contributed by atoms with E-state index >= 15 is 0 Å². The van der Waals surface area contributed by atoms with E-state index in [0.29, 0.717) is 5.92 Å². The van der Waals surface area contributed by atoms with Gasteiger partial charge in [0.05, 0.1) is 5.69 Å². The van der Waals surface area contributed by atoms with E-state index in [1.165, 1.54) is 76.6 Å². The summed E-state index contributed by atoms with van der Waals surface area (Å²) in [6.07, 6.45) is 1.94. The average molecular weight is 716 g/mol. The molecule has 0 radical (unpaired) electrons. The lowest BCUT2D eigenvalue weighted by Crippen LogP contribution is -2.10. The van der Waals surface area contributed by atoms with Gasteiger partial charge in [0.25, 0.3) is 0 Å². The fourth-order valence-electron chi connectivity index (χ4n) is 8.62. The largest absolute Gasteiger partial charge is 0.310 e. The van der Waals surface area contributed by atoms with E-state index < -0.39 is 0 Å². The van der Waals surface area contributed by atoms with Crippen molar-refractivity contribution < 1.29 is 0 Å². The Kier molecular flexibility index (Phi) is 8.82. The fourth-order valence-corrected chi connectivity index (χ4v) is 8.62. The standard InChI is InChI=1S/C55H41N/c1-3-15-47-36-40(25-28-41(47)11-1)37-49(53-21-9-17-45-13-5-7-19-52(45)53)35-39-23-26-43(27-24-39)44-29-32-50(33-30-44)56(51-34-31-42-12-2-4-16-48(42)38-51)55-22-10-18-46-14-6-8-20-54(46)55/h1-34,36,38,49H,35,37H2. The molecule has 266 valence electrons. The summed E-state index contributed by atoms with van der Waals surface area (Å²) in [4.78, 5) is 2.39. The van der Waals surface area contributed by atoms with Crippen molar-refractivity contribution in [1.29, 1.82) is 0 Å².